The molecule has 1 aliphatic heterocycles. The summed E-state index contributed by atoms with van der Waals surface area (Å²) >= 11 is 14.3. The first-order chi connectivity index (χ1) is 12.6. The van der Waals surface area contributed by atoms with Gasteiger partial charge in [-0.2, -0.15) is 11.8 Å². The van der Waals surface area contributed by atoms with E-state index in [9.17, 15) is 4.79 Å². The van der Waals surface area contributed by atoms with E-state index in [0.717, 1.165) is 42.4 Å². The van der Waals surface area contributed by atoms with Crippen LogP contribution in [0.4, 0.5) is 5.69 Å². The zero-order valence-electron chi connectivity index (χ0n) is 14.3. The van der Waals surface area contributed by atoms with Crippen molar-refractivity contribution in [3.8, 4) is 0 Å². The van der Waals surface area contributed by atoms with Crippen molar-refractivity contribution in [2.24, 2.45) is 0 Å². The number of carbonyl (C=O) groups is 1. The zero-order valence-corrected chi connectivity index (χ0v) is 16.6. The van der Waals surface area contributed by atoms with Crippen LogP contribution >= 0.6 is 35.0 Å². The molecule has 0 radical (unpaired) electrons. The number of halogens is 2. The molecule has 3 nitrogen and oxygen atoms in total. The van der Waals surface area contributed by atoms with Crippen LogP contribution in [-0.2, 0) is 11.3 Å². The number of amides is 1. The van der Waals surface area contributed by atoms with Gasteiger partial charge in [0.15, 0.2) is 0 Å². The molecule has 1 saturated heterocycles. The molecule has 2 aromatic carbocycles. The summed E-state index contributed by atoms with van der Waals surface area (Å²) in [5.41, 5.74) is 2.60. The Kier molecular flexibility index (Phi) is 7.03. The Hall–Kier alpha value is -1.46. The molecule has 1 fully saturated rings. The van der Waals surface area contributed by atoms with E-state index >= 15 is 0 Å². The van der Waals surface area contributed by atoms with Crippen molar-refractivity contribution in [2.45, 2.75) is 6.54 Å². The highest BCUT2D eigenvalue weighted by Crippen LogP contribution is 2.25. The number of benzene rings is 2. The fourth-order valence-corrected chi connectivity index (χ4v) is 4.29. The molecule has 1 heterocycles. The van der Waals surface area contributed by atoms with E-state index in [1.165, 1.54) is 6.08 Å². The fourth-order valence-electron chi connectivity index (χ4n) is 2.78. The van der Waals surface area contributed by atoms with Crippen LogP contribution in [0.1, 0.15) is 11.1 Å². The zero-order chi connectivity index (χ0) is 18.4. The SMILES string of the molecule is O=C(/C=C/c1c(Cl)cccc1Cl)Nc1ccccc1CN1CCSCC1. The molecular weight excluding hydrogens is 387 g/mol. The van der Waals surface area contributed by atoms with E-state index < -0.39 is 0 Å². The standard InChI is InChI=1S/C20H20Cl2N2OS/c21-17-5-3-6-18(22)16(17)8-9-20(25)23-19-7-2-1-4-15(19)14-24-10-12-26-13-11-24/h1-9H,10-14H2,(H,23,25)/b9-8+. The average molecular weight is 407 g/mol. The third-order valence-electron chi connectivity index (χ3n) is 4.17. The highest BCUT2D eigenvalue weighted by Gasteiger charge is 2.13. The molecule has 0 aliphatic carbocycles. The van der Waals surface area contributed by atoms with Crippen LogP contribution in [0, 0.1) is 0 Å². The van der Waals surface area contributed by atoms with E-state index in [-0.39, 0.29) is 5.91 Å². The molecule has 0 atom stereocenters. The van der Waals surface area contributed by atoms with E-state index in [1.807, 2.05) is 30.0 Å². The van der Waals surface area contributed by atoms with Crippen LogP contribution in [0.2, 0.25) is 10.0 Å². The first-order valence-electron chi connectivity index (χ1n) is 8.44. The molecule has 1 aliphatic rings. The predicted octanol–water partition coefficient (Wildman–Crippen LogP) is 5.19. The maximum Gasteiger partial charge on any atom is 0.248 e. The first-order valence-corrected chi connectivity index (χ1v) is 10.4. The van der Waals surface area contributed by atoms with Crippen LogP contribution in [0.25, 0.3) is 6.08 Å². The van der Waals surface area contributed by atoms with Crippen LogP contribution in [0.5, 0.6) is 0 Å². The molecule has 0 aromatic heterocycles. The highest BCUT2D eigenvalue weighted by molar-refractivity contribution is 7.99. The van der Waals surface area contributed by atoms with Crippen molar-refractivity contribution in [1.29, 1.82) is 0 Å². The van der Waals surface area contributed by atoms with Crippen LogP contribution in [0.3, 0.4) is 0 Å². The summed E-state index contributed by atoms with van der Waals surface area (Å²) in [6.07, 6.45) is 3.10. The largest absolute Gasteiger partial charge is 0.322 e. The van der Waals surface area contributed by atoms with Crippen LogP contribution in [0.15, 0.2) is 48.5 Å². The molecule has 0 bridgehead atoms. The minimum absolute atomic E-state index is 0.206. The van der Waals surface area contributed by atoms with Crippen molar-refractivity contribution < 1.29 is 4.79 Å². The molecule has 136 valence electrons. The number of thioether (sulfide) groups is 1. The third-order valence-corrected chi connectivity index (χ3v) is 5.78. The van der Waals surface area contributed by atoms with E-state index in [4.69, 9.17) is 23.2 Å². The second-order valence-electron chi connectivity index (χ2n) is 6.00. The fraction of sp³-hybridized carbons (Fsp3) is 0.250. The lowest BCUT2D eigenvalue weighted by Crippen LogP contribution is -2.32. The highest BCUT2D eigenvalue weighted by atomic mass is 35.5. The minimum Gasteiger partial charge on any atom is -0.322 e. The molecule has 6 heteroatoms. The monoisotopic (exact) mass is 406 g/mol. The van der Waals surface area contributed by atoms with E-state index in [0.29, 0.717) is 15.6 Å². The van der Waals surface area contributed by atoms with Gasteiger partial charge in [-0.1, -0.05) is 47.5 Å². The van der Waals surface area contributed by atoms with Gasteiger partial charge in [0.05, 0.1) is 0 Å². The molecular formula is C20H20Cl2N2OS. The minimum atomic E-state index is -0.206. The summed E-state index contributed by atoms with van der Waals surface area (Å²) in [4.78, 5) is 14.8. The van der Waals surface area contributed by atoms with Crippen molar-refractivity contribution in [2.75, 3.05) is 29.9 Å². The molecule has 0 spiro atoms. The van der Waals surface area contributed by atoms with E-state index in [2.05, 4.69) is 16.3 Å². The van der Waals surface area contributed by atoms with Crippen molar-refractivity contribution in [3.63, 3.8) is 0 Å². The topological polar surface area (TPSA) is 32.3 Å². The Labute approximate surface area is 168 Å². The summed E-state index contributed by atoms with van der Waals surface area (Å²) < 4.78 is 0. The van der Waals surface area contributed by atoms with Gasteiger partial charge < -0.3 is 5.32 Å². The van der Waals surface area contributed by atoms with Crippen molar-refractivity contribution >= 4 is 52.6 Å². The predicted molar refractivity (Wildman–Crippen MR) is 113 cm³/mol. The first kappa shape index (κ1) is 19.3. The molecule has 1 amide bonds. The summed E-state index contributed by atoms with van der Waals surface area (Å²) in [6.45, 7) is 3.01. The van der Waals surface area contributed by atoms with Gasteiger partial charge in [0.2, 0.25) is 5.91 Å². The molecule has 1 N–H and O–H groups in total. The van der Waals surface area contributed by atoms with Crippen molar-refractivity contribution in [3.05, 3.63) is 69.7 Å². The summed E-state index contributed by atoms with van der Waals surface area (Å²) in [7, 11) is 0. The summed E-state index contributed by atoms with van der Waals surface area (Å²) in [5, 5.41) is 4.00. The van der Waals surface area contributed by atoms with Gasteiger partial charge in [-0.15, -0.1) is 0 Å². The Morgan fingerprint density at radius 3 is 2.50 bits per heavy atom. The molecule has 3 rings (SSSR count). The number of hydrogen-bond acceptors (Lipinski definition) is 3. The van der Waals surface area contributed by atoms with Crippen LogP contribution in [-0.4, -0.2) is 35.4 Å². The molecule has 2 aromatic rings. The van der Waals surface area contributed by atoms with Gasteiger partial charge >= 0.3 is 0 Å². The summed E-state index contributed by atoms with van der Waals surface area (Å²) in [5.74, 6) is 2.12. The lowest BCUT2D eigenvalue weighted by molar-refractivity contribution is -0.111. The lowest BCUT2D eigenvalue weighted by atomic mass is 10.1. The Bertz CT molecular complexity index is 784. The average Bonchev–Trinajstić information content (AvgIpc) is 2.64. The van der Waals surface area contributed by atoms with Gasteiger partial charge in [-0.05, 0) is 29.8 Å². The second-order valence-corrected chi connectivity index (χ2v) is 8.04. The van der Waals surface area contributed by atoms with Crippen molar-refractivity contribution in [1.82, 2.24) is 4.90 Å². The van der Waals surface area contributed by atoms with Gasteiger partial charge in [0.25, 0.3) is 0 Å². The smallest absolute Gasteiger partial charge is 0.248 e. The molecule has 0 unspecified atom stereocenters. The Balaban J connectivity index is 1.68. The third kappa shape index (κ3) is 5.27. The molecule has 0 saturated carbocycles. The van der Waals surface area contributed by atoms with Gasteiger partial charge in [-0.25, -0.2) is 0 Å². The van der Waals surface area contributed by atoms with Gasteiger partial charge in [0.1, 0.15) is 0 Å². The number of rotatable bonds is 5. The Morgan fingerprint density at radius 1 is 1.08 bits per heavy atom. The van der Waals surface area contributed by atoms with Gasteiger partial charge in [-0.3, -0.25) is 9.69 Å². The number of nitrogens with one attached hydrogen (secondary N) is 1. The number of hydrogen-bond donors (Lipinski definition) is 1. The normalized spacial score (nSPS) is 15.3. The van der Waals surface area contributed by atoms with Crippen LogP contribution < -0.4 is 5.32 Å². The Morgan fingerprint density at radius 2 is 1.77 bits per heavy atom. The second kappa shape index (κ2) is 9.47. The summed E-state index contributed by atoms with van der Waals surface area (Å²) in [6, 6.07) is 13.2. The maximum absolute atomic E-state index is 12.4. The number of para-hydroxylation sites is 1. The lowest BCUT2D eigenvalue weighted by Gasteiger charge is -2.27. The number of nitrogens with zero attached hydrogens (tertiary/aromatic N) is 1. The number of carbonyl (C=O) groups excluding carboxylic acids is 1. The van der Waals surface area contributed by atoms with Gasteiger partial charge in [0, 0.05) is 58.5 Å². The number of anilines is 1. The molecule has 26 heavy (non-hydrogen) atoms. The van der Waals surface area contributed by atoms with E-state index in [1.54, 1.807) is 24.3 Å². The maximum atomic E-state index is 12.4. The quantitative estimate of drug-likeness (QED) is 0.692.